The SMILES string of the molecule is CC[C@H](C)[C@@H](NC=O)NC(=O)OCC1c2ccccc2-c2ccccc21. The minimum Gasteiger partial charge on any atom is -0.449 e. The first-order chi connectivity index (χ1) is 12.7. The van der Waals surface area contributed by atoms with Gasteiger partial charge in [0, 0.05) is 5.92 Å². The number of hydrogen-bond acceptors (Lipinski definition) is 3. The van der Waals surface area contributed by atoms with Crippen molar-refractivity contribution < 1.29 is 14.3 Å². The summed E-state index contributed by atoms with van der Waals surface area (Å²) in [5.41, 5.74) is 4.73. The van der Waals surface area contributed by atoms with Gasteiger partial charge >= 0.3 is 6.09 Å². The van der Waals surface area contributed by atoms with Gasteiger partial charge in [-0.15, -0.1) is 0 Å². The maximum Gasteiger partial charge on any atom is 0.408 e. The Morgan fingerprint density at radius 1 is 1.12 bits per heavy atom. The molecule has 136 valence electrons. The molecule has 0 unspecified atom stereocenters. The van der Waals surface area contributed by atoms with E-state index in [4.69, 9.17) is 4.74 Å². The van der Waals surface area contributed by atoms with Crippen LogP contribution in [0, 0.1) is 5.92 Å². The van der Waals surface area contributed by atoms with Crippen LogP contribution in [-0.4, -0.2) is 25.3 Å². The third-order valence-electron chi connectivity index (χ3n) is 5.08. The Labute approximate surface area is 153 Å². The van der Waals surface area contributed by atoms with Crippen LogP contribution in [0.4, 0.5) is 4.79 Å². The average molecular weight is 352 g/mol. The van der Waals surface area contributed by atoms with Crippen LogP contribution in [0.2, 0.25) is 0 Å². The molecule has 3 rings (SSSR count). The summed E-state index contributed by atoms with van der Waals surface area (Å²) in [5.74, 6) is 0.134. The fourth-order valence-electron chi connectivity index (χ4n) is 3.42. The lowest BCUT2D eigenvalue weighted by molar-refractivity contribution is -0.110. The molecule has 0 fully saturated rings. The van der Waals surface area contributed by atoms with Crippen LogP contribution in [0.5, 0.6) is 0 Å². The van der Waals surface area contributed by atoms with Crippen molar-refractivity contribution >= 4 is 12.5 Å². The van der Waals surface area contributed by atoms with Gasteiger partial charge in [-0.3, -0.25) is 4.79 Å². The molecule has 1 aliphatic rings. The molecule has 0 saturated heterocycles. The number of fused-ring (bicyclic) bond motifs is 3. The molecule has 2 aromatic rings. The Balaban J connectivity index is 1.70. The molecule has 0 bridgehead atoms. The molecule has 1 aliphatic carbocycles. The Morgan fingerprint density at radius 2 is 1.69 bits per heavy atom. The monoisotopic (exact) mass is 352 g/mol. The van der Waals surface area contributed by atoms with Gasteiger partial charge in [0.05, 0.1) is 0 Å². The fraction of sp³-hybridized carbons (Fsp3) is 0.333. The van der Waals surface area contributed by atoms with Crippen molar-refractivity contribution in [2.75, 3.05) is 6.61 Å². The Morgan fingerprint density at radius 3 is 2.23 bits per heavy atom. The van der Waals surface area contributed by atoms with Gasteiger partial charge in [-0.25, -0.2) is 4.79 Å². The molecule has 5 nitrogen and oxygen atoms in total. The van der Waals surface area contributed by atoms with E-state index in [0.29, 0.717) is 6.41 Å². The third kappa shape index (κ3) is 3.57. The molecule has 0 spiro atoms. The van der Waals surface area contributed by atoms with Gasteiger partial charge < -0.3 is 15.4 Å². The topological polar surface area (TPSA) is 67.4 Å². The lowest BCUT2D eigenvalue weighted by atomic mass is 9.98. The highest BCUT2D eigenvalue weighted by atomic mass is 16.5. The van der Waals surface area contributed by atoms with Gasteiger partial charge in [-0.05, 0) is 34.6 Å². The molecule has 2 aromatic carbocycles. The zero-order valence-corrected chi connectivity index (χ0v) is 15.1. The van der Waals surface area contributed by atoms with Gasteiger partial charge in [-0.2, -0.15) is 0 Å². The normalized spacial score (nSPS) is 14.7. The largest absolute Gasteiger partial charge is 0.449 e. The Bertz CT molecular complexity index is 745. The van der Waals surface area contributed by atoms with E-state index in [-0.39, 0.29) is 18.4 Å². The van der Waals surface area contributed by atoms with Crippen molar-refractivity contribution in [1.82, 2.24) is 10.6 Å². The van der Waals surface area contributed by atoms with Crippen LogP contribution >= 0.6 is 0 Å². The summed E-state index contributed by atoms with van der Waals surface area (Å²) in [5, 5.41) is 5.37. The lowest BCUT2D eigenvalue weighted by Gasteiger charge is -2.23. The number of carbonyl (C=O) groups is 2. The van der Waals surface area contributed by atoms with Crippen molar-refractivity contribution in [2.45, 2.75) is 32.4 Å². The zero-order valence-electron chi connectivity index (χ0n) is 15.1. The van der Waals surface area contributed by atoms with E-state index in [2.05, 4.69) is 34.9 Å². The molecule has 0 aliphatic heterocycles. The predicted molar refractivity (Wildman–Crippen MR) is 101 cm³/mol. The first-order valence-corrected chi connectivity index (χ1v) is 8.96. The predicted octanol–water partition coefficient (Wildman–Crippen LogP) is 3.64. The van der Waals surface area contributed by atoms with Crippen LogP contribution < -0.4 is 10.6 Å². The second kappa shape index (κ2) is 8.04. The van der Waals surface area contributed by atoms with Gasteiger partial charge in [0.25, 0.3) is 0 Å². The van der Waals surface area contributed by atoms with Crippen molar-refractivity contribution in [1.29, 1.82) is 0 Å². The Hall–Kier alpha value is -2.82. The van der Waals surface area contributed by atoms with E-state index < -0.39 is 12.3 Å². The lowest BCUT2D eigenvalue weighted by Crippen LogP contribution is -2.49. The van der Waals surface area contributed by atoms with Gasteiger partial charge in [0.2, 0.25) is 6.41 Å². The Kier molecular flexibility index (Phi) is 5.56. The van der Waals surface area contributed by atoms with E-state index in [1.807, 2.05) is 38.1 Å². The van der Waals surface area contributed by atoms with E-state index in [0.717, 1.165) is 6.42 Å². The van der Waals surface area contributed by atoms with Crippen LogP contribution in [0.3, 0.4) is 0 Å². The molecular weight excluding hydrogens is 328 g/mol. The van der Waals surface area contributed by atoms with Gasteiger partial charge in [0.15, 0.2) is 0 Å². The van der Waals surface area contributed by atoms with E-state index in [9.17, 15) is 9.59 Å². The molecule has 2 atom stereocenters. The minimum atomic E-state index is -0.522. The van der Waals surface area contributed by atoms with Crippen LogP contribution in [0.25, 0.3) is 11.1 Å². The van der Waals surface area contributed by atoms with Crippen molar-refractivity contribution in [3.63, 3.8) is 0 Å². The molecule has 0 radical (unpaired) electrons. The summed E-state index contributed by atoms with van der Waals surface area (Å²) < 4.78 is 5.51. The zero-order chi connectivity index (χ0) is 18.5. The summed E-state index contributed by atoms with van der Waals surface area (Å²) in [4.78, 5) is 23.0. The number of carbonyl (C=O) groups excluding carboxylic acids is 2. The average Bonchev–Trinajstić information content (AvgIpc) is 2.99. The molecule has 26 heavy (non-hydrogen) atoms. The van der Waals surface area contributed by atoms with Crippen molar-refractivity contribution in [3.8, 4) is 11.1 Å². The molecule has 0 saturated carbocycles. The first kappa shape index (κ1) is 18.0. The van der Waals surface area contributed by atoms with E-state index >= 15 is 0 Å². The van der Waals surface area contributed by atoms with Crippen LogP contribution in [-0.2, 0) is 9.53 Å². The summed E-state index contributed by atoms with van der Waals surface area (Å²) in [6.45, 7) is 4.22. The number of amides is 2. The molecule has 2 amide bonds. The van der Waals surface area contributed by atoms with Gasteiger partial charge in [-0.1, -0.05) is 62.4 Å². The maximum absolute atomic E-state index is 12.2. The molecule has 0 heterocycles. The quantitative estimate of drug-likeness (QED) is 0.590. The molecule has 0 aromatic heterocycles. The van der Waals surface area contributed by atoms with Crippen LogP contribution in [0.15, 0.2) is 48.5 Å². The third-order valence-corrected chi connectivity index (χ3v) is 5.08. The molecule has 2 N–H and O–H groups in total. The maximum atomic E-state index is 12.2. The smallest absolute Gasteiger partial charge is 0.408 e. The number of rotatable bonds is 7. The molecule has 5 heteroatoms. The molecular formula is C21H24N2O3. The highest BCUT2D eigenvalue weighted by molar-refractivity contribution is 5.79. The summed E-state index contributed by atoms with van der Waals surface area (Å²) in [6, 6.07) is 16.4. The highest BCUT2D eigenvalue weighted by Gasteiger charge is 2.29. The highest BCUT2D eigenvalue weighted by Crippen LogP contribution is 2.44. The van der Waals surface area contributed by atoms with Crippen molar-refractivity contribution in [3.05, 3.63) is 59.7 Å². The summed E-state index contributed by atoms with van der Waals surface area (Å²) in [7, 11) is 0. The minimum absolute atomic E-state index is 0.0224. The standard InChI is InChI=1S/C21H24N2O3/c1-3-14(2)20(22-13-24)23-21(25)26-12-19-17-10-6-4-8-15(17)16-9-5-7-11-18(16)19/h4-11,13-14,19-20H,3,12H2,1-2H3,(H,22,24)(H,23,25)/t14-,20-/m0/s1. The second-order valence-corrected chi connectivity index (χ2v) is 6.62. The number of nitrogens with one attached hydrogen (secondary N) is 2. The number of alkyl carbamates (subject to hydrolysis) is 1. The van der Waals surface area contributed by atoms with Crippen LogP contribution in [0.1, 0.15) is 37.3 Å². The summed E-state index contributed by atoms with van der Waals surface area (Å²) >= 11 is 0. The first-order valence-electron chi connectivity index (χ1n) is 8.96. The number of hydrogen-bond donors (Lipinski definition) is 2. The van der Waals surface area contributed by atoms with Crippen molar-refractivity contribution in [2.24, 2.45) is 5.92 Å². The van der Waals surface area contributed by atoms with E-state index in [1.165, 1.54) is 22.3 Å². The van der Waals surface area contributed by atoms with E-state index in [1.54, 1.807) is 0 Å². The number of benzene rings is 2. The number of ether oxygens (including phenoxy) is 1. The second-order valence-electron chi connectivity index (χ2n) is 6.62. The fourth-order valence-corrected chi connectivity index (χ4v) is 3.42. The summed E-state index contributed by atoms with van der Waals surface area (Å²) in [6.07, 6.45) is 0.468. The van der Waals surface area contributed by atoms with Gasteiger partial charge in [0.1, 0.15) is 12.8 Å².